The smallest absolute Gasteiger partial charge is 0.371 e. The summed E-state index contributed by atoms with van der Waals surface area (Å²) >= 11 is 0. The molecule has 0 spiro atoms. The lowest BCUT2D eigenvalue weighted by atomic mass is 9.96. The highest BCUT2D eigenvalue weighted by molar-refractivity contribution is 7.89. The lowest BCUT2D eigenvalue weighted by Gasteiger charge is -2.31. The van der Waals surface area contributed by atoms with E-state index in [0.29, 0.717) is 18.8 Å². The minimum atomic E-state index is -3.88. The fourth-order valence-electron chi connectivity index (χ4n) is 3.72. The fourth-order valence-corrected chi connectivity index (χ4v) is 5.10. The number of rotatable bonds is 5. The second-order valence-corrected chi connectivity index (χ2v) is 8.99. The second-order valence-electron chi connectivity index (χ2n) is 7.13. The Balaban J connectivity index is 1.58. The van der Waals surface area contributed by atoms with Crippen LogP contribution in [0.15, 0.2) is 21.6 Å². The molecule has 2 heterocycles. The molecule has 2 fully saturated rings. The van der Waals surface area contributed by atoms with Crippen LogP contribution in [0.1, 0.15) is 49.6 Å². The van der Waals surface area contributed by atoms with Gasteiger partial charge in [0.1, 0.15) is 0 Å². The summed E-state index contributed by atoms with van der Waals surface area (Å²) in [6, 6.07) is 2.50. The lowest BCUT2D eigenvalue weighted by Crippen LogP contribution is -2.45. The van der Waals surface area contributed by atoms with Crippen molar-refractivity contribution in [2.24, 2.45) is 11.8 Å². The maximum absolute atomic E-state index is 12.6. The van der Waals surface area contributed by atoms with Crippen molar-refractivity contribution in [2.75, 3.05) is 13.1 Å². The van der Waals surface area contributed by atoms with Crippen molar-refractivity contribution in [3.8, 4) is 0 Å². The average molecular weight is 384 g/mol. The summed E-state index contributed by atoms with van der Waals surface area (Å²) in [5.74, 6) is -1.43. The summed E-state index contributed by atoms with van der Waals surface area (Å²) in [7, 11) is -3.88. The molecule has 1 aliphatic heterocycles. The van der Waals surface area contributed by atoms with Crippen LogP contribution in [0.5, 0.6) is 0 Å². The Morgan fingerprint density at radius 3 is 2.42 bits per heavy atom. The first-order valence-corrected chi connectivity index (χ1v) is 10.4. The predicted molar refractivity (Wildman–Crippen MR) is 92.1 cm³/mol. The predicted octanol–water partition coefficient (Wildman–Crippen LogP) is 1.68. The van der Waals surface area contributed by atoms with Gasteiger partial charge >= 0.3 is 5.97 Å². The van der Waals surface area contributed by atoms with Crippen molar-refractivity contribution in [2.45, 2.75) is 50.2 Å². The largest absolute Gasteiger partial charge is 0.475 e. The van der Waals surface area contributed by atoms with Gasteiger partial charge in [0.25, 0.3) is 10.0 Å². The molecule has 1 aliphatic carbocycles. The topological polar surface area (TPSA) is 117 Å². The van der Waals surface area contributed by atoms with Crippen LogP contribution in [0.3, 0.4) is 0 Å². The summed E-state index contributed by atoms with van der Waals surface area (Å²) in [4.78, 5) is 23.3. The van der Waals surface area contributed by atoms with Gasteiger partial charge in [0.2, 0.25) is 16.8 Å². The van der Waals surface area contributed by atoms with Crippen molar-refractivity contribution in [3.05, 3.63) is 17.9 Å². The Labute approximate surface area is 152 Å². The first-order chi connectivity index (χ1) is 12.3. The highest BCUT2D eigenvalue weighted by Gasteiger charge is 2.35. The SMILES string of the molecule is CC1CCCC1NC(=O)C1CCN(S(=O)(=O)c2ccc(C(=O)O)o2)CC1. The quantitative estimate of drug-likeness (QED) is 0.798. The van der Waals surface area contributed by atoms with Gasteiger partial charge in [-0.2, -0.15) is 4.31 Å². The van der Waals surface area contributed by atoms with Gasteiger partial charge in [0, 0.05) is 25.0 Å². The third kappa shape index (κ3) is 3.78. The summed E-state index contributed by atoms with van der Waals surface area (Å²) < 4.78 is 31.3. The molecule has 0 bridgehead atoms. The Morgan fingerprint density at radius 1 is 1.19 bits per heavy atom. The number of carbonyl (C=O) groups excluding carboxylic acids is 1. The molecule has 144 valence electrons. The Bertz CT molecular complexity index is 779. The molecule has 9 heteroatoms. The maximum Gasteiger partial charge on any atom is 0.371 e. The molecular formula is C17H24N2O6S. The molecule has 1 amide bonds. The van der Waals surface area contributed by atoms with E-state index in [1.165, 1.54) is 4.31 Å². The molecule has 1 aromatic rings. The van der Waals surface area contributed by atoms with E-state index in [1.54, 1.807) is 0 Å². The van der Waals surface area contributed by atoms with E-state index in [0.717, 1.165) is 31.4 Å². The monoisotopic (exact) mass is 384 g/mol. The summed E-state index contributed by atoms with van der Waals surface area (Å²) in [6.45, 7) is 2.56. The third-order valence-electron chi connectivity index (χ3n) is 5.40. The first-order valence-electron chi connectivity index (χ1n) is 8.92. The number of aromatic carboxylic acids is 1. The Kier molecular flexibility index (Phi) is 5.38. The van der Waals surface area contributed by atoms with Gasteiger partial charge in [-0.3, -0.25) is 4.79 Å². The number of nitrogens with one attached hydrogen (secondary N) is 1. The van der Waals surface area contributed by atoms with Crippen LogP contribution in [-0.4, -0.2) is 48.8 Å². The first kappa shape index (κ1) is 18.9. The van der Waals surface area contributed by atoms with Gasteiger partial charge in [0.05, 0.1) is 0 Å². The molecule has 2 atom stereocenters. The zero-order valence-electron chi connectivity index (χ0n) is 14.7. The van der Waals surface area contributed by atoms with E-state index in [1.807, 2.05) is 0 Å². The third-order valence-corrected chi connectivity index (χ3v) is 7.17. The summed E-state index contributed by atoms with van der Waals surface area (Å²) in [5, 5.41) is 11.6. The Morgan fingerprint density at radius 2 is 1.88 bits per heavy atom. The molecular weight excluding hydrogens is 360 g/mol. The molecule has 8 nitrogen and oxygen atoms in total. The van der Waals surface area contributed by atoms with Crippen LogP contribution in [-0.2, 0) is 14.8 Å². The van der Waals surface area contributed by atoms with Crippen LogP contribution in [0.2, 0.25) is 0 Å². The normalized spacial score (nSPS) is 25.3. The minimum Gasteiger partial charge on any atom is -0.475 e. The molecule has 1 saturated heterocycles. The molecule has 26 heavy (non-hydrogen) atoms. The van der Waals surface area contributed by atoms with Crippen molar-refractivity contribution < 1.29 is 27.5 Å². The van der Waals surface area contributed by atoms with Gasteiger partial charge in [-0.1, -0.05) is 13.3 Å². The van der Waals surface area contributed by atoms with Crippen LogP contribution < -0.4 is 5.32 Å². The molecule has 3 rings (SSSR count). The zero-order chi connectivity index (χ0) is 18.9. The molecule has 2 aliphatic rings. The molecule has 0 aromatic carbocycles. The minimum absolute atomic E-state index is 0.00644. The van der Waals surface area contributed by atoms with Crippen LogP contribution in [0.25, 0.3) is 0 Å². The van der Waals surface area contributed by atoms with Gasteiger partial charge in [-0.25, -0.2) is 13.2 Å². The number of carboxylic acids is 1. The maximum atomic E-state index is 12.6. The van der Waals surface area contributed by atoms with Gasteiger partial charge < -0.3 is 14.8 Å². The number of hydrogen-bond donors (Lipinski definition) is 2. The van der Waals surface area contributed by atoms with E-state index >= 15 is 0 Å². The van der Waals surface area contributed by atoms with E-state index in [4.69, 9.17) is 9.52 Å². The fraction of sp³-hybridized carbons (Fsp3) is 0.647. The number of furan rings is 1. The zero-order valence-corrected chi connectivity index (χ0v) is 15.5. The Hall–Kier alpha value is -1.87. The number of carboxylic acid groups (broad SMARTS) is 1. The van der Waals surface area contributed by atoms with Crippen LogP contribution in [0.4, 0.5) is 0 Å². The number of carbonyl (C=O) groups is 2. The number of piperidine rings is 1. The van der Waals surface area contributed by atoms with Gasteiger partial charge in [-0.05, 0) is 43.7 Å². The molecule has 2 unspecified atom stereocenters. The van der Waals surface area contributed by atoms with Crippen molar-refractivity contribution in [1.82, 2.24) is 9.62 Å². The standard InChI is InChI=1S/C17H24N2O6S/c1-11-3-2-4-13(11)18-16(20)12-7-9-19(10-8-12)26(23,24)15-6-5-14(25-15)17(21)22/h5-6,11-13H,2-4,7-10H2,1H3,(H,18,20)(H,21,22). The van der Waals surface area contributed by atoms with Gasteiger partial charge in [0.15, 0.2) is 0 Å². The summed E-state index contributed by atoms with van der Waals surface area (Å²) in [5.41, 5.74) is 0. The van der Waals surface area contributed by atoms with E-state index in [2.05, 4.69) is 12.2 Å². The molecule has 1 aromatic heterocycles. The van der Waals surface area contributed by atoms with Crippen molar-refractivity contribution >= 4 is 21.9 Å². The van der Waals surface area contributed by atoms with Crippen molar-refractivity contribution in [1.29, 1.82) is 0 Å². The second kappa shape index (κ2) is 7.40. The number of nitrogens with zero attached hydrogens (tertiary/aromatic N) is 1. The van der Waals surface area contributed by atoms with Crippen molar-refractivity contribution in [3.63, 3.8) is 0 Å². The van der Waals surface area contributed by atoms with E-state index in [-0.39, 0.29) is 36.0 Å². The highest BCUT2D eigenvalue weighted by atomic mass is 32.2. The number of sulfonamides is 1. The molecule has 1 saturated carbocycles. The van der Waals surface area contributed by atoms with Crippen LogP contribution >= 0.6 is 0 Å². The molecule has 0 radical (unpaired) electrons. The average Bonchev–Trinajstić information content (AvgIpc) is 3.25. The number of amides is 1. The van der Waals surface area contributed by atoms with Crippen LogP contribution in [0, 0.1) is 11.8 Å². The number of hydrogen-bond acceptors (Lipinski definition) is 5. The van der Waals surface area contributed by atoms with E-state index in [9.17, 15) is 18.0 Å². The lowest BCUT2D eigenvalue weighted by molar-refractivity contribution is -0.127. The van der Waals surface area contributed by atoms with Gasteiger partial charge in [-0.15, -0.1) is 0 Å². The van der Waals surface area contributed by atoms with E-state index < -0.39 is 21.8 Å². The summed E-state index contributed by atoms with van der Waals surface area (Å²) in [6.07, 6.45) is 4.15. The molecule has 2 N–H and O–H groups in total. The highest BCUT2D eigenvalue weighted by Crippen LogP contribution is 2.28.